The maximum atomic E-state index is 13.1. The predicted octanol–water partition coefficient (Wildman–Crippen LogP) is 6.59. The van der Waals surface area contributed by atoms with Gasteiger partial charge >= 0.3 is 0 Å². The van der Waals surface area contributed by atoms with Crippen molar-refractivity contribution in [2.75, 3.05) is 0 Å². The molecule has 4 rings (SSSR count). The van der Waals surface area contributed by atoms with Gasteiger partial charge in [0.2, 0.25) is 0 Å². The fraction of sp³-hybridized carbons (Fsp3) is 0.136. The fourth-order valence-electron chi connectivity index (χ4n) is 3.69. The molecule has 0 bridgehead atoms. The van der Waals surface area contributed by atoms with Crippen molar-refractivity contribution in [2.24, 2.45) is 5.92 Å². The van der Waals surface area contributed by atoms with Crippen LogP contribution in [0.1, 0.15) is 33.3 Å². The Morgan fingerprint density at radius 1 is 0.680 bits per heavy atom. The zero-order valence-corrected chi connectivity index (χ0v) is 16.6. The molecule has 1 saturated carbocycles. The van der Waals surface area contributed by atoms with Gasteiger partial charge in [-0.1, -0.05) is 86.5 Å². The maximum Gasteiger partial charge on any atom is 0.167 e. The van der Waals surface area contributed by atoms with Gasteiger partial charge < -0.3 is 0 Å². The van der Waals surface area contributed by atoms with Crippen LogP contribution in [0.5, 0.6) is 0 Å². The van der Waals surface area contributed by atoms with Crippen molar-refractivity contribution < 1.29 is 4.79 Å². The topological polar surface area (TPSA) is 17.1 Å². The number of benzene rings is 3. The number of rotatable bonds is 4. The molecular weight excluding hydrogens is 440 g/mol. The first-order valence-electron chi connectivity index (χ1n) is 8.25. The average molecular weight is 456 g/mol. The largest absolute Gasteiger partial charge is 0.294 e. The van der Waals surface area contributed by atoms with Crippen LogP contribution in [0.2, 0.25) is 0 Å². The molecule has 1 aliphatic carbocycles. The summed E-state index contributed by atoms with van der Waals surface area (Å²) in [5.74, 6) is 0.667. The summed E-state index contributed by atoms with van der Waals surface area (Å²) in [5.41, 5.74) is 3.23. The molecule has 0 aromatic heterocycles. The molecule has 0 radical (unpaired) electrons. The third-order valence-electron chi connectivity index (χ3n) is 4.85. The number of Topliss-reactive ketones (excluding diaryl/α,β-unsaturated/α-hetero) is 1. The lowest BCUT2D eigenvalue weighted by molar-refractivity contribution is 0.0963. The van der Waals surface area contributed by atoms with Gasteiger partial charge in [0.15, 0.2) is 5.78 Å². The van der Waals surface area contributed by atoms with E-state index in [1.165, 1.54) is 11.1 Å². The van der Waals surface area contributed by atoms with Crippen molar-refractivity contribution in [3.8, 4) is 0 Å². The van der Waals surface area contributed by atoms with Gasteiger partial charge in [-0.05, 0) is 35.4 Å². The van der Waals surface area contributed by atoms with Crippen LogP contribution in [0, 0.1) is 5.92 Å². The first-order valence-corrected chi connectivity index (χ1v) is 9.84. The summed E-state index contributed by atoms with van der Waals surface area (Å²) in [7, 11) is 0. The molecule has 0 saturated heterocycles. The van der Waals surface area contributed by atoms with E-state index in [4.69, 9.17) is 0 Å². The van der Waals surface area contributed by atoms with Gasteiger partial charge in [0, 0.05) is 32.3 Å². The molecule has 0 spiro atoms. The van der Waals surface area contributed by atoms with E-state index in [0.29, 0.717) is 0 Å². The highest BCUT2D eigenvalue weighted by atomic mass is 79.9. The summed E-state index contributed by atoms with van der Waals surface area (Å²) in [6.07, 6.45) is 0. The van der Waals surface area contributed by atoms with Crippen molar-refractivity contribution >= 4 is 37.6 Å². The van der Waals surface area contributed by atoms with Gasteiger partial charge in [-0.15, -0.1) is 0 Å². The molecule has 124 valence electrons. The van der Waals surface area contributed by atoms with Crippen molar-refractivity contribution in [3.05, 3.63) is 104 Å². The second-order valence-corrected chi connectivity index (χ2v) is 8.25. The Labute approximate surface area is 164 Å². The molecule has 1 nitrogen and oxygen atoms in total. The Morgan fingerprint density at radius 2 is 1.20 bits per heavy atom. The van der Waals surface area contributed by atoms with Crippen LogP contribution in [-0.4, -0.2) is 5.78 Å². The van der Waals surface area contributed by atoms with Crippen molar-refractivity contribution in [1.82, 2.24) is 0 Å². The Kier molecular flexibility index (Phi) is 4.61. The van der Waals surface area contributed by atoms with E-state index in [0.717, 1.165) is 14.5 Å². The highest BCUT2D eigenvalue weighted by molar-refractivity contribution is 9.10. The lowest BCUT2D eigenvalue weighted by Crippen LogP contribution is -2.04. The Balaban J connectivity index is 1.73. The third-order valence-corrected chi connectivity index (χ3v) is 5.83. The van der Waals surface area contributed by atoms with E-state index in [1.54, 1.807) is 0 Å². The second-order valence-electron chi connectivity index (χ2n) is 6.42. The molecule has 0 amide bonds. The Bertz CT molecular complexity index is 869. The summed E-state index contributed by atoms with van der Waals surface area (Å²) >= 11 is 7.11. The van der Waals surface area contributed by atoms with Crippen LogP contribution in [0.4, 0.5) is 0 Å². The molecule has 1 fully saturated rings. The second kappa shape index (κ2) is 6.89. The van der Waals surface area contributed by atoms with Crippen LogP contribution < -0.4 is 0 Å². The molecule has 0 aliphatic heterocycles. The Morgan fingerprint density at radius 3 is 1.68 bits per heavy atom. The zero-order valence-electron chi connectivity index (χ0n) is 13.4. The first kappa shape index (κ1) is 16.7. The minimum atomic E-state index is -0.00833. The molecule has 2 unspecified atom stereocenters. The van der Waals surface area contributed by atoms with Crippen molar-refractivity contribution in [3.63, 3.8) is 0 Å². The minimum absolute atomic E-state index is 0.00833. The monoisotopic (exact) mass is 454 g/mol. The van der Waals surface area contributed by atoms with Crippen molar-refractivity contribution in [2.45, 2.75) is 11.8 Å². The van der Waals surface area contributed by atoms with E-state index >= 15 is 0 Å². The highest BCUT2D eigenvalue weighted by Gasteiger charge is 2.55. The minimum Gasteiger partial charge on any atom is -0.294 e. The van der Waals surface area contributed by atoms with Crippen LogP contribution >= 0.6 is 31.9 Å². The number of ketones is 1. The average Bonchev–Trinajstić information content (AvgIpc) is 3.37. The first-order chi connectivity index (χ1) is 12.1. The summed E-state index contributed by atoms with van der Waals surface area (Å²) < 4.78 is 2.10. The standard InChI is InChI=1S/C22H16Br2O/c23-17-10-4-8-15(12-17)19-20(16-9-5-11-18(24)13-16)21(19)22(25)14-6-2-1-3-7-14/h1-13,19-21H. The third kappa shape index (κ3) is 3.36. The summed E-state index contributed by atoms with van der Waals surface area (Å²) in [6, 6.07) is 26.3. The number of carbonyl (C=O) groups is 1. The molecule has 2 atom stereocenters. The summed E-state index contributed by atoms with van der Waals surface area (Å²) in [4.78, 5) is 13.1. The van der Waals surface area contributed by atoms with Gasteiger partial charge in [0.1, 0.15) is 0 Å². The van der Waals surface area contributed by atoms with E-state index in [1.807, 2.05) is 54.6 Å². The van der Waals surface area contributed by atoms with Gasteiger partial charge in [0.05, 0.1) is 0 Å². The lowest BCUT2D eigenvalue weighted by atomic mass is 10.0. The number of carbonyl (C=O) groups excluding carboxylic acids is 1. The van der Waals surface area contributed by atoms with Gasteiger partial charge in [0.25, 0.3) is 0 Å². The lowest BCUT2D eigenvalue weighted by Gasteiger charge is -2.02. The summed E-state index contributed by atoms with van der Waals surface area (Å²) in [6.45, 7) is 0. The summed E-state index contributed by atoms with van der Waals surface area (Å²) in [5, 5.41) is 0. The van der Waals surface area contributed by atoms with Crippen LogP contribution in [0.15, 0.2) is 87.8 Å². The molecule has 0 heterocycles. The quantitative estimate of drug-likeness (QED) is 0.405. The van der Waals surface area contributed by atoms with E-state index < -0.39 is 0 Å². The zero-order chi connectivity index (χ0) is 17.4. The van der Waals surface area contributed by atoms with E-state index in [2.05, 4.69) is 56.1 Å². The Hall–Kier alpha value is -1.71. The highest BCUT2D eigenvalue weighted by Crippen LogP contribution is 2.61. The normalized spacial score (nSPS) is 21.8. The SMILES string of the molecule is O=C(c1ccccc1)C1C(c2cccc(Br)c2)C1c1cccc(Br)c1. The number of halogens is 2. The van der Waals surface area contributed by atoms with Gasteiger partial charge in [-0.25, -0.2) is 0 Å². The maximum absolute atomic E-state index is 13.1. The van der Waals surface area contributed by atoms with Crippen LogP contribution in [0.25, 0.3) is 0 Å². The smallest absolute Gasteiger partial charge is 0.167 e. The molecule has 25 heavy (non-hydrogen) atoms. The van der Waals surface area contributed by atoms with Gasteiger partial charge in [-0.3, -0.25) is 4.79 Å². The van der Waals surface area contributed by atoms with Gasteiger partial charge in [-0.2, -0.15) is 0 Å². The molecular formula is C22H16Br2O. The fourth-order valence-corrected chi connectivity index (χ4v) is 4.52. The molecule has 3 heteroatoms. The van der Waals surface area contributed by atoms with E-state index in [9.17, 15) is 4.79 Å². The predicted molar refractivity (Wildman–Crippen MR) is 108 cm³/mol. The number of hydrogen-bond donors (Lipinski definition) is 0. The molecule has 0 N–H and O–H groups in total. The molecule has 1 aliphatic rings. The van der Waals surface area contributed by atoms with Crippen molar-refractivity contribution in [1.29, 1.82) is 0 Å². The van der Waals surface area contributed by atoms with Crippen LogP contribution in [0.3, 0.4) is 0 Å². The van der Waals surface area contributed by atoms with Crippen LogP contribution in [-0.2, 0) is 0 Å². The molecule has 3 aromatic carbocycles. The number of hydrogen-bond acceptors (Lipinski definition) is 1. The molecule has 3 aromatic rings. The van der Waals surface area contributed by atoms with E-state index in [-0.39, 0.29) is 23.5 Å².